The highest BCUT2D eigenvalue weighted by atomic mass is 19.1. The van der Waals surface area contributed by atoms with Crippen LogP contribution in [0.1, 0.15) is 23.6 Å². The number of hydrogen-bond donors (Lipinski definition) is 2. The Kier molecular flexibility index (Phi) is 6.16. The molecule has 4 rings (SSSR count). The largest absolute Gasteiger partial charge is 0.507 e. The average Bonchev–Trinajstić information content (AvgIpc) is 3.04. The van der Waals surface area contributed by atoms with Gasteiger partial charge in [0.1, 0.15) is 17.3 Å². The summed E-state index contributed by atoms with van der Waals surface area (Å²) in [7, 11) is 3.82. The summed E-state index contributed by atoms with van der Waals surface area (Å²) in [6, 6.07) is 15.0. The van der Waals surface area contributed by atoms with E-state index < -0.39 is 29.3 Å². The summed E-state index contributed by atoms with van der Waals surface area (Å²) in [5, 5.41) is 23.3. The molecule has 170 valence electrons. The predicted molar refractivity (Wildman–Crippen MR) is 124 cm³/mol. The van der Waals surface area contributed by atoms with E-state index in [2.05, 4.69) is 0 Å². The Morgan fingerprint density at radius 3 is 2.42 bits per heavy atom. The fraction of sp³-hybridized carbons (Fsp3) is 0.231. The van der Waals surface area contributed by atoms with Crippen molar-refractivity contribution in [1.82, 2.24) is 9.80 Å². The number of aliphatic hydroxyl groups is 1. The molecule has 7 heteroatoms. The SMILES string of the molecule is CN(C)CCCN1C(=O)C(=O)/C(=C(/O)c2ccc3ccccc3c2O)C1c1ccc(F)cc1. The van der Waals surface area contributed by atoms with Gasteiger partial charge < -0.3 is 20.0 Å². The number of halogens is 1. The number of nitrogens with zero attached hydrogens (tertiary/aromatic N) is 2. The summed E-state index contributed by atoms with van der Waals surface area (Å²) >= 11 is 0. The molecule has 0 saturated carbocycles. The van der Waals surface area contributed by atoms with E-state index in [1.165, 1.54) is 35.2 Å². The van der Waals surface area contributed by atoms with Gasteiger partial charge in [0, 0.05) is 11.9 Å². The summed E-state index contributed by atoms with van der Waals surface area (Å²) in [4.78, 5) is 29.4. The molecule has 6 nitrogen and oxygen atoms in total. The number of ketones is 1. The third-order valence-corrected chi connectivity index (χ3v) is 5.89. The summed E-state index contributed by atoms with van der Waals surface area (Å²) in [5.74, 6) is -2.65. The first-order valence-electron chi connectivity index (χ1n) is 10.7. The van der Waals surface area contributed by atoms with Crippen LogP contribution >= 0.6 is 0 Å². The number of aromatic hydroxyl groups is 1. The molecule has 1 aliphatic heterocycles. The van der Waals surface area contributed by atoms with Gasteiger partial charge in [-0.1, -0.05) is 42.5 Å². The van der Waals surface area contributed by atoms with Crippen LogP contribution in [-0.4, -0.2) is 58.9 Å². The van der Waals surface area contributed by atoms with Crippen molar-refractivity contribution in [3.63, 3.8) is 0 Å². The van der Waals surface area contributed by atoms with Crippen LogP contribution in [0.5, 0.6) is 5.75 Å². The normalized spacial score (nSPS) is 17.9. The number of rotatable bonds is 6. The number of phenolic OH excluding ortho intramolecular Hbond substituents is 1. The molecule has 33 heavy (non-hydrogen) atoms. The molecule has 1 atom stereocenters. The van der Waals surface area contributed by atoms with Gasteiger partial charge >= 0.3 is 0 Å². The van der Waals surface area contributed by atoms with Crippen LogP contribution in [0.3, 0.4) is 0 Å². The topological polar surface area (TPSA) is 81.1 Å². The second-order valence-electron chi connectivity index (χ2n) is 8.38. The smallest absolute Gasteiger partial charge is 0.295 e. The Morgan fingerprint density at radius 2 is 1.73 bits per heavy atom. The van der Waals surface area contributed by atoms with Crippen LogP contribution in [0, 0.1) is 5.82 Å². The summed E-state index contributed by atoms with van der Waals surface area (Å²) in [5.41, 5.74) is 0.441. The van der Waals surface area contributed by atoms with Crippen LogP contribution in [0.4, 0.5) is 4.39 Å². The maximum atomic E-state index is 13.6. The highest BCUT2D eigenvalue weighted by Crippen LogP contribution is 2.42. The minimum atomic E-state index is -0.890. The Bertz CT molecular complexity index is 1250. The number of hydrogen-bond acceptors (Lipinski definition) is 5. The molecule has 1 aliphatic rings. The zero-order chi connectivity index (χ0) is 23.7. The molecule has 0 bridgehead atoms. The second kappa shape index (κ2) is 9.03. The maximum absolute atomic E-state index is 13.6. The van der Waals surface area contributed by atoms with Gasteiger partial charge in [-0.3, -0.25) is 9.59 Å². The number of likely N-dealkylation sites (tertiary alicyclic amines) is 1. The summed E-state index contributed by atoms with van der Waals surface area (Å²) < 4.78 is 13.6. The molecule has 0 aliphatic carbocycles. The van der Waals surface area contributed by atoms with E-state index in [4.69, 9.17) is 0 Å². The second-order valence-corrected chi connectivity index (χ2v) is 8.38. The minimum Gasteiger partial charge on any atom is -0.507 e. The van der Waals surface area contributed by atoms with Gasteiger partial charge in [-0.05, 0) is 56.2 Å². The quantitative estimate of drug-likeness (QED) is 0.338. The molecule has 2 N–H and O–H groups in total. The number of aliphatic hydroxyl groups excluding tert-OH is 1. The van der Waals surface area contributed by atoms with E-state index in [0.717, 1.165) is 5.39 Å². The van der Waals surface area contributed by atoms with Crippen molar-refractivity contribution in [2.75, 3.05) is 27.2 Å². The zero-order valence-corrected chi connectivity index (χ0v) is 18.5. The molecule has 1 unspecified atom stereocenters. The van der Waals surface area contributed by atoms with Crippen LogP contribution in [0.15, 0.2) is 66.2 Å². The van der Waals surface area contributed by atoms with Gasteiger partial charge in [-0.15, -0.1) is 0 Å². The van der Waals surface area contributed by atoms with Gasteiger partial charge in [0.2, 0.25) is 0 Å². The van der Waals surface area contributed by atoms with E-state index >= 15 is 0 Å². The lowest BCUT2D eigenvalue weighted by Gasteiger charge is -2.26. The van der Waals surface area contributed by atoms with E-state index in [-0.39, 0.29) is 23.4 Å². The van der Waals surface area contributed by atoms with Crippen LogP contribution in [0.25, 0.3) is 16.5 Å². The number of fused-ring (bicyclic) bond motifs is 1. The van der Waals surface area contributed by atoms with E-state index in [9.17, 15) is 24.2 Å². The molecule has 3 aromatic carbocycles. The van der Waals surface area contributed by atoms with Crippen molar-refractivity contribution in [3.05, 3.63) is 83.2 Å². The van der Waals surface area contributed by atoms with Crippen molar-refractivity contribution in [1.29, 1.82) is 0 Å². The molecule has 0 spiro atoms. The number of amides is 1. The van der Waals surface area contributed by atoms with Gasteiger partial charge in [-0.2, -0.15) is 0 Å². The number of carbonyl (C=O) groups excluding carboxylic acids is 2. The molecular formula is C26H25FN2O4. The Morgan fingerprint density at radius 1 is 1.03 bits per heavy atom. The monoisotopic (exact) mass is 448 g/mol. The highest BCUT2D eigenvalue weighted by molar-refractivity contribution is 6.46. The fourth-order valence-corrected chi connectivity index (χ4v) is 4.25. The molecule has 1 heterocycles. The lowest BCUT2D eigenvalue weighted by Crippen LogP contribution is -2.32. The first-order chi connectivity index (χ1) is 15.8. The number of benzene rings is 3. The maximum Gasteiger partial charge on any atom is 0.295 e. The molecule has 0 aromatic heterocycles. The Hall–Kier alpha value is -3.71. The first kappa shape index (κ1) is 22.5. The van der Waals surface area contributed by atoms with Crippen molar-refractivity contribution in [2.45, 2.75) is 12.5 Å². The molecule has 0 radical (unpaired) electrons. The third kappa shape index (κ3) is 4.19. The van der Waals surface area contributed by atoms with Gasteiger partial charge in [0.05, 0.1) is 17.2 Å². The fourth-order valence-electron chi connectivity index (χ4n) is 4.25. The lowest BCUT2D eigenvalue weighted by atomic mass is 9.94. The van der Waals surface area contributed by atoms with E-state index in [1.54, 1.807) is 18.2 Å². The number of carbonyl (C=O) groups is 2. The number of Topliss-reactive ketones (excluding diaryl/α,β-unsaturated/α-hetero) is 1. The summed E-state index contributed by atoms with van der Waals surface area (Å²) in [6.07, 6.45) is 0.610. The Balaban J connectivity index is 1.86. The zero-order valence-electron chi connectivity index (χ0n) is 18.5. The van der Waals surface area contributed by atoms with Crippen molar-refractivity contribution >= 4 is 28.2 Å². The van der Waals surface area contributed by atoms with E-state index in [0.29, 0.717) is 23.9 Å². The van der Waals surface area contributed by atoms with Crippen molar-refractivity contribution < 1.29 is 24.2 Å². The average molecular weight is 448 g/mol. The van der Waals surface area contributed by atoms with E-state index in [1.807, 2.05) is 31.1 Å². The van der Waals surface area contributed by atoms with Gasteiger partial charge in [0.25, 0.3) is 11.7 Å². The number of phenols is 1. The molecular weight excluding hydrogens is 423 g/mol. The highest BCUT2D eigenvalue weighted by Gasteiger charge is 2.46. The molecule has 1 fully saturated rings. The molecule has 1 amide bonds. The minimum absolute atomic E-state index is 0.0621. The van der Waals surface area contributed by atoms with Crippen LogP contribution in [-0.2, 0) is 9.59 Å². The van der Waals surface area contributed by atoms with Gasteiger partial charge in [0.15, 0.2) is 0 Å². The van der Waals surface area contributed by atoms with Crippen molar-refractivity contribution in [2.24, 2.45) is 0 Å². The summed E-state index contributed by atoms with van der Waals surface area (Å²) in [6.45, 7) is 0.982. The standard InChI is InChI=1S/C26H25FN2O4/c1-28(2)14-5-15-29-22(17-8-11-18(27)12-9-17)21(25(32)26(29)33)24(31)20-13-10-16-6-3-4-7-19(16)23(20)30/h3-4,6-13,22,30-31H,5,14-15H2,1-2H3/b24-21+. The van der Waals surface area contributed by atoms with Crippen molar-refractivity contribution in [3.8, 4) is 5.75 Å². The lowest BCUT2D eigenvalue weighted by molar-refractivity contribution is -0.139. The van der Waals surface area contributed by atoms with Crippen LogP contribution in [0.2, 0.25) is 0 Å². The first-order valence-corrected chi connectivity index (χ1v) is 10.7. The van der Waals surface area contributed by atoms with Crippen LogP contribution < -0.4 is 0 Å². The Labute approximate surface area is 191 Å². The molecule has 1 saturated heterocycles. The molecule has 3 aromatic rings. The van der Waals surface area contributed by atoms with Gasteiger partial charge in [-0.25, -0.2) is 4.39 Å². The predicted octanol–water partition coefficient (Wildman–Crippen LogP) is 4.06. The third-order valence-electron chi connectivity index (χ3n) is 5.89.